The van der Waals surface area contributed by atoms with Crippen LogP contribution in [0.3, 0.4) is 0 Å². The fourth-order valence-corrected chi connectivity index (χ4v) is 3.11. The highest BCUT2D eigenvalue weighted by molar-refractivity contribution is 5.75. The standard InChI is InChI=1S/C16H23FN4/c1-11(21(3)13-6-8-20(2)9-7-13)16-18-14-5-4-12(17)10-15(14)19-16/h4-5,10-11,13H,6-9H2,1-3H3,(H,18,19). The Kier molecular flexibility index (Phi) is 3.95. The second-order valence-electron chi connectivity index (χ2n) is 6.16. The van der Waals surface area contributed by atoms with E-state index in [0.717, 1.165) is 29.9 Å². The van der Waals surface area contributed by atoms with Crippen molar-refractivity contribution in [3.63, 3.8) is 0 Å². The summed E-state index contributed by atoms with van der Waals surface area (Å²) in [6.45, 7) is 4.45. The van der Waals surface area contributed by atoms with Crippen LogP contribution >= 0.6 is 0 Å². The van der Waals surface area contributed by atoms with Crippen LogP contribution in [0.4, 0.5) is 4.39 Å². The van der Waals surface area contributed by atoms with Crippen molar-refractivity contribution < 1.29 is 4.39 Å². The Bertz CT molecular complexity index is 616. The number of likely N-dealkylation sites (tertiary alicyclic amines) is 1. The van der Waals surface area contributed by atoms with Gasteiger partial charge in [0.1, 0.15) is 11.6 Å². The normalized spacial score (nSPS) is 19.5. The van der Waals surface area contributed by atoms with Gasteiger partial charge in [-0.25, -0.2) is 9.37 Å². The lowest BCUT2D eigenvalue weighted by molar-refractivity contribution is 0.111. The summed E-state index contributed by atoms with van der Waals surface area (Å²) in [6, 6.07) is 5.48. The molecule has 0 saturated carbocycles. The highest BCUT2D eigenvalue weighted by Gasteiger charge is 2.26. The van der Waals surface area contributed by atoms with E-state index in [1.807, 2.05) is 0 Å². The molecule has 2 aromatic rings. The van der Waals surface area contributed by atoms with E-state index in [1.165, 1.54) is 25.0 Å². The Morgan fingerprint density at radius 2 is 2.10 bits per heavy atom. The summed E-state index contributed by atoms with van der Waals surface area (Å²) in [4.78, 5) is 12.6. The number of H-pyrrole nitrogens is 1. The molecule has 0 spiro atoms. The zero-order chi connectivity index (χ0) is 15.0. The van der Waals surface area contributed by atoms with E-state index in [2.05, 4.69) is 40.8 Å². The molecule has 1 aromatic heterocycles. The zero-order valence-corrected chi connectivity index (χ0v) is 12.9. The van der Waals surface area contributed by atoms with Gasteiger partial charge in [-0.15, -0.1) is 0 Å². The molecule has 21 heavy (non-hydrogen) atoms. The SMILES string of the molecule is CC(c1nc2ccc(F)cc2[nH]1)N(C)C1CCN(C)CC1. The molecule has 1 unspecified atom stereocenters. The van der Waals surface area contributed by atoms with Crippen molar-refractivity contribution in [1.29, 1.82) is 0 Å². The van der Waals surface area contributed by atoms with Gasteiger partial charge in [0.25, 0.3) is 0 Å². The Morgan fingerprint density at radius 1 is 1.38 bits per heavy atom. The molecule has 114 valence electrons. The van der Waals surface area contributed by atoms with Crippen molar-refractivity contribution >= 4 is 11.0 Å². The number of imidazole rings is 1. The number of nitrogens with one attached hydrogen (secondary N) is 1. The van der Waals surface area contributed by atoms with Crippen LogP contribution < -0.4 is 0 Å². The lowest BCUT2D eigenvalue weighted by Gasteiger charge is -2.37. The molecule has 1 aliphatic heterocycles. The number of hydrogen-bond donors (Lipinski definition) is 1. The van der Waals surface area contributed by atoms with Crippen LogP contribution in [0.25, 0.3) is 11.0 Å². The van der Waals surface area contributed by atoms with Crippen molar-refractivity contribution in [1.82, 2.24) is 19.8 Å². The summed E-state index contributed by atoms with van der Waals surface area (Å²) in [5, 5.41) is 0. The maximum Gasteiger partial charge on any atom is 0.125 e. The Morgan fingerprint density at radius 3 is 2.81 bits per heavy atom. The Labute approximate surface area is 125 Å². The second kappa shape index (κ2) is 5.73. The van der Waals surface area contributed by atoms with E-state index < -0.39 is 0 Å². The smallest absolute Gasteiger partial charge is 0.125 e. The van der Waals surface area contributed by atoms with Gasteiger partial charge >= 0.3 is 0 Å². The molecule has 0 radical (unpaired) electrons. The molecule has 1 N–H and O–H groups in total. The maximum absolute atomic E-state index is 13.3. The number of rotatable bonds is 3. The molecule has 0 amide bonds. The number of aromatic amines is 1. The summed E-state index contributed by atoms with van der Waals surface area (Å²) in [5.41, 5.74) is 1.60. The number of aromatic nitrogens is 2. The fourth-order valence-electron chi connectivity index (χ4n) is 3.11. The van der Waals surface area contributed by atoms with Crippen LogP contribution in [0.15, 0.2) is 18.2 Å². The van der Waals surface area contributed by atoms with E-state index in [-0.39, 0.29) is 11.9 Å². The molecular weight excluding hydrogens is 267 g/mol. The Balaban J connectivity index is 1.77. The summed E-state index contributed by atoms with van der Waals surface area (Å²) in [5.74, 6) is 0.686. The number of benzene rings is 1. The minimum Gasteiger partial charge on any atom is -0.341 e. The highest BCUT2D eigenvalue weighted by atomic mass is 19.1. The van der Waals surface area contributed by atoms with Crippen LogP contribution in [0, 0.1) is 5.82 Å². The van der Waals surface area contributed by atoms with Crippen molar-refractivity contribution in [2.45, 2.75) is 31.8 Å². The predicted octanol–water partition coefficient (Wildman–Crippen LogP) is 2.79. The van der Waals surface area contributed by atoms with Crippen LogP contribution in [-0.4, -0.2) is 53.0 Å². The molecule has 1 fully saturated rings. The third kappa shape index (κ3) is 2.94. The van der Waals surface area contributed by atoms with E-state index >= 15 is 0 Å². The van der Waals surface area contributed by atoms with Gasteiger partial charge in [0.15, 0.2) is 0 Å². The molecule has 0 aliphatic carbocycles. The van der Waals surface area contributed by atoms with Gasteiger partial charge in [0, 0.05) is 6.04 Å². The summed E-state index contributed by atoms with van der Waals surface area (Å²) in [6.07, 6.45) is 2.37. The summed E-state index contributed by atoms with van der Waals surface area (Å²) >= 11 is 0. The largest absolute Gasteiger partial charge is 0.341 e. The predicted molar refractivity (Wildman–Crippen MR) is 82.7 cm³/mol. The quantitative estimate of drug-likeness (QED) is 0.944. The van der Waals surface area contributed by atoms with Crippen molar-refractivity contribution in [2.24, 2.45) is 0 Å². The zero-order valence-electron chi connectivity index (χ0n) is 12.9. The topological polar surface area (TPSA) is 35.2 Å². The van der Waals surface area contributed by atoms with Crippen molar-refractivity contribution in [2.75, 3.05) is 27.2 Å². The molecule has 0 bridgehead atoms. The second-order valence-corrected chi connectivity index (χ2v) is 6.16. The molecule has 3 rings (SSSR count). The van der Waals surface area contributed by atoms with Crippen molar-refractivity contribution in [3.05, 3.63) is 29.8 Å². The average Bonchev–Trinajstić information content (AvgIpc) is 2.89. The molecular formula is C16H23FN4. The number of piperidine rings is 1. The molecule has 5 heteroatoms. The third-order valence-corrected chi connectivity index (χ3v) is 4.73. The molecule has 4 nitrogen and oxygen atoms in total. The van der Waals surface area contributed by atoms with Gasteiger partial charge in [0.2, 0.25) is 0 Å². The monoisotopic (exact) mass is 290 g/mol. The highest BCUT2D eigenvalue weighted by Crippen LogP contribution is 2.25. The maximum atomic E-state index is 13.3. The first-order chi connectivity index (χ1) is 10.0. The molecule has 1 saturated heterocycles. The van der Waals surface area contributed by atoms with Gasteiger partial charge in [0.05, 0.1) is 17.1 Å². The van der Waals surface area contributed by atoms with Crippen molar-refractivity contribution in [3.8, 4) is 0 Å². The molecule has 2 heterocycles. The first-order valence-corrected chi connectivity index (χ1v) is 7.60. The van der Waals surface area contributed by atoms with E-state index in [9.17, 15) is 4.39 Å². The van der Waals surface area contributed by atoms with Crippen LogP contribution in [-0.2, 0) is 0 Å². The minimum atomic E-state index is -0.228. The number of halogens is 1. The van der Waals surface area contributed by atoms with Gasteiger partial charge in [-0.05, 0) is 65.1 Å². The van der Waals surface area contributed by atoms with Gasteiger partial charge in [-0.1, -0.05) is 0 Å². The minimum absolute atomic E-state index is 0.203. The van der Waals surface area contributed by atoms with E-state index in [0.29, 0.717) is 6.04 Å². The van der Waals surface area contributed by atoms with Gasteiger partial charge in [-0.3, -0.25) is 4.90 Å². The molecule has 1 aromatic carbocycles. The summed E-state index contributed by atoms with van der Waals surface area (Å²) in [7, 11) is 4.34. The number of hydrogen-bond acceptors (Lipinski definition) is 3. The number of nitrogens with zero attached hydrogens (tertiary/aromatic N) is 3. The summed E-state index contributed by atoms with van der Waals surface area (Å²) < 4.78 is 13.3. The van der Waals surface area contributed by atoms with Crippen LogP contribution in [0.5, 0.6) is 0 Å². The fraction of sp³-hybridized carbons (Fsp3) is 0.562. The average molecular weight is 290 g/mol. The third-order valence-electron chi connectivity index (χ3n) is 4.73. The lowest BCUT2D eigenvalue weighted by Crippen LogP contribution is -2.43. The van der Waals surface area contributed by atoms with Crippen LogP contribution in [0.2, 0.25) is 0 Å². The first kappa shape index (κ1) is 14.5. The molecule has 1 aliphatic rings. The first-order valence-electron chi connectivity index (χ1n) is 7.60. The van der Waals surface area contributed by atoms with E-state index in [1.54, 1.807) is 6.07 Å². The van der Waals surface area contributed by atoms with Crippen LogP contribution in [0.1, 0.15) is 31.6 Å². The lowest BCUT2D eigenvalue weighted by atomic mass is 10.0. The van der Waals surface area contributed by atoms with E-state index in [4.69, 9.17) is 0 Å². The van der Waals surface area contributed by atoms with Gasteiger partial charge < -0.3 is 9.88 Å². The van der Waals surface area contributed by atoms with Gasteiger partial charge in [-0.2, -0.15) is 0 Å². The molecule has 1 atom stereocenters. The Hall–Kier alpha value is -1.46. The number of fused-ring (bicyclic) bond motifs is 1.